The monoisotopic (exact) mass is 224 g/mol. The first-order valence-electron chi connectivity index (χ1n) is 3.12. The third-order valence-electron chi connectivity index (χ3n) is 1.34. The van der Waals surface area contributed by atoms with Crippen LogP contribution in [0.2, 0.25) is 0 Å². The maximum absolute atomic E-state index is 10.8. The second-order valence-corrected chi connectivity index (χ2v) is 3.01. The van der Waals surface area contributed by atoms with Crippen LogP contribution in [0.15, 0.2) is 22.7 Å². The molecule has 0 atom stereocenters. The average Bonchev–Trinajstić information content (AvgIpc) is 2.05. The summed E-state index contributed by atoms with van der Waals surface area (Å²) in [4.78, 5) is 0. The molecule has 0 aliphatic rings. The molecule has 0 fully saturated rings. The van der Waals surface area contributed by atoms with Gasteiger partial charge in [-0.15, -0.1) is 0 Å². The molecule has 0 N–H and O–H groups in total. The lowest BCUT2D eigenvalue weighted by Crippen LogP contribution is -1.91. The lowest BCUT2D eigenvalue weighted by atomic mass is 10.2. The Morgan fingerprint density at radius 2 is 2.25 bits per heavy atom. The third kappa shape index (κ3) is 1.63. The van der Waals surface area contributed by atoms with Crippen molar-refractivity contribution < 1.29 is 4.74 Å². The topological polar surface area (TPSA) is 49.9 Å². The van der Waals surface area contributed by atoms with Gasteiger partial charge in [-0.05, 0) is 28.1 Å². The van der Waals surface area contributed by atoms with Crippen molar-refractivity contribution in [1.29, 1.82) is 5.26 Å². The molecule has 0 heterocycles. The number of hydrogen-bond acceptors (Lipinski definition) is 2. The van der Waals surface area contributed by atoms with E-state index in [9.17, 15) is 5.21 Å². The van der Waals surface area contributed by atoms with Crippen molar-refractivity contribution in [1.82, 2.24) is 0 Å². The summed E-state index contributed by atoms with van der Waals surface area (Å²) in [6.07, 6.45) is 0. The molecule has 0 amide bonds. The van der Waals surface area contributed by atoms with Crippen LogP contribution in [0.25, 0.3) is 0 Å². The summed E-state index contributed by atoms with van der Waals surface area (Å²) in [5.41, 5.74) is 0.798. The van der Waals surface area contributed by atoms with Crippen molar-refractivity contribution in [2.45, 2.75) is 0 Å². The predicted molar refractivity (Wildman–Crippen MR) is 49.3 cm³/mol. The van der Waals surface area contributed by atoms with E-state index in [1.165, 1.54) is 6.07 Å². The second-order valence-electron chi connectivity index (χ2n) is 2.16. The highest BCUT2D eigenvalue weighted by atomic mass is 79.9. The summed E-state index contributed by atoms with van der Waals surface area (Å²) in [7, 11) is 0. The van der Waals surface area contributed by atoms with Gasteiger partial charge in [0.1, 0.15) is 6.72 Å². The lowest BCUT2D eigenvalue weighted by molar-refractivity contribution is -0.350. The Morgan fingerprint density at radius 3 is 2.75 bits per heavy atom. The molecule has 1 aromatic carbocycles. The summed E-state index contributed by atoms with van der Waals surface area (Å²) >= 11 is 3.17. The van der Waals surface area contributed by atoms with Gasteiger partial charge in [0, 0.05) is 6.07 Å². The van der Waals surface area contributed by atoms with Crippen molar-refractivity contribution in [2.75, 3.05) is 0 Å². The Kier molecular flexibility index (Phi) is 2.46. The van der Waals surface area contributed by atoms with Crippen LogP contribution in [-0.4, -0.2) is 11.5 Å². The zero-order valence-electron chi connectivity index (χ0n) is 6.12. The molecule has 4 heteroatoms. The first kappa shape index (κ1) is 8.75. The number of nitrogens with zero attached hydrogens (tertiary/aromatic N) is 2. The summed E-state index contributed by atoms with van der Waals surface area (Å²) in [6, 6.07) is 6.68. The highest BCUT2D eigenvalue weighted by molar-refractivity contribution is 9.10. The Hall–Kier alpha value is -1.34. The molecule has 0 radical (unpaired) electrons. The smallest absolute Gasteiger partial charge is 0.231 e. The molecular formula is C8H5BrN2O. The predicted octanol–water partition coefficient (Wildman–Crippen LogP) is 2.16. The van der Waals surface area contributed by atoms with E-state index in [-0.39, 0.29) is 0 Å². The summed E-state index contributed by atoms with van der Waals surface area (Å²) < 4.78 is 1.09. The van der Waals surface area contributed by atoms with Crippen LogP contribution < -0.4 is 0 Å². The number of halogens is 1. The van der Waals surface area contributed by atoms with Crippen LogP contribution in [0.1, 0.15) is 5.56 Å². The van der Waals surface area contributed by atoms with E-state index in [0.29, 0.717) is 20.5 Å². The molecule has 0 unspecified atom stereocenters. The van der Waals surface area contributed by atoms with Crippen LogP contribution >= 0.6 is 15.9 Å². The largest absolute Gasteiger partial charge is 0.619 e. The van der Waals surface area contributed by atoms with Gasteiger partial charge in [-0.2, -0.15) is 10.0 Å². The van der Waals surface area contributed by atoms with E-state index >= 15 is 0 Å². The minimum absolute atomic E-state index is 0.356. The van der Waals surface area contributed by atoms with E-state index in [1.807, 2.05) is 6.07 Å². The van der Waals surface area contributed by atoms with E-state index in [0.717, 1.165) is 0 Å². The van der Waals surface area contributed by atoms with Gasteiger partial charge in [0.25, 0.3) is 0 Å². The molecule has 3 nitrogen and oxygen atoms in total. The number of benzene rings is 1. The maximum atomic E-state index is 10.8. The van der Waals surface area contributed by atoms with E-state index in [1.54, 1.807) is 12.1 Å². The first-order valence-corrected chi connectivity index (χ1v) is 3.92. The molecule has 0 aliphatic carbocycles. The second kappa shape index (κ2) is 3.37. The summed E-state index contributed by atoms with van der Waals surface area (Å²) in [5, 5.41) is 19.3. The number of rotatable bonds is 1. The molecule has 0 saturated heterocycles. The number of hydrogen-bond donors (Lipinski definition) is 0. The maximum Gasteiger partial charge on any atom is 0.231 e. The van der Waals surface area contributed by atoms with Crippen molar-refractivity contribution in [3.05, 3.63) is 33.4 Å². The third-order valence-corrected chi connectivity index (χ3v) is 2.01. The van der Waals surface area contributed by atoms with Crippen molar-refractivity contribution in [3.8, 4) is 6.07 Å². The van der Waals surface area contributed by atoms with E-state index < -0.39 is 0 Å². The molecule has 60 valence electrons. The lowest BCUT2D eigenvalue weighted by Gasteiger charge is -2.02. The minimum atomic E-state index is 0.356. The fraction of sp³-hybridized carbons (Fsp3) is 0. The molecule has 1 aromatic rings. The van der Waals surface area contributed by atoms with Crippen LogP contribution in [0.5, 0.6) is 0 Å². The highest BCUT2D eigenvalue weighted by Crippen LogP contribution is 2.24. The van der Waals surface area contributed by atoms with Gasteiger partial charge >= 0.3 is 0 Å². The summed E-state index contributed by atoms with van der Waals surface area (Å²) in [6.45, 7) is 3.18. The molecule has 1 rings (SSSR count). The Morgan fingerprint density at radius 1 is 1.58 bits per heavy atom. The molecule has 0 saturated carbocycles. The van der Waals surface area contributed by atoms with E-state index in [2.05, 4.69) is 22.6 Å². The Balaban J connectivity index is 3.28. The Labute approximate surface area is 78.3 Å². The van der Waals surface area contributed by atoms with Gasteiger partial charge in [-0.25, -0.2) is 0 Å². The SMILES string of the molecule is C=[N+]([O-])c1cc(C#N)ccc1Br. The fourth-order valence-electron chi connectivity index (χ4n) is 0.773. The molecule has 0 aromatic heterocycles. The standard InChI is InChI=1S/C8H5BrN2O/c1-11(12)8-4-6(5-10)2-3-7(8)9/h2-4H,1H2. The van der Waals surface area contributed by atoms with Gasteiger partial charge in [0.2, 0.25) is 5.69 Å². The Bertz CT molecular complexity index is 368. The van der Waals surface area contributed by atoms with Gasteiger partial charge in [-0.3, -0.25) is 0 Å². The molecule has 12 heavy (non-hydrogen) atoms. The quantitative estimate of drug-likeness (QED) is 0.318. The zero-order chi connectivity index (χ0) is 9.14. The average molecular weight is 225 g/mol. The van der Waals surface area contributed by atoms with Crippen LogP contribution in [-0.2, 0) is 0 Å². The highest BCUT2D eigenvalue weighted by Gasteiger charge is 2.06. The van der Waals surface area contributed by atoms with Gasteiger partial charge in [-0.1, -0.05) is 0 Å². The summed E-state index contributed by atoms with van der Waals surface area (Å²) in [5.74, 6) is 0. The number of nitriles is 1. The van der Waals surface area contributed by atoms with Gasteiger partial charge in [0.05, 0.1) is 16.1 Å². The molecule has 0 aliphatic heterocycles. The van der Waals surface area contributed by atoms with E-state index in [4.69, 9.17) is 5.26 Å². The normalized spacial score (nSPS) is 9.00. The molecular weight excluding hydrogens is 220 g/mol. The minimum Gasteiger partial charge on any atom is -0.619 e. The first-order chi connectivity index (χ1) is 5.65. The van der Waals surface area contributed by atoms with Crippen LogP contribution in [0, 0.1) is 16.5 Å². The van der Waals surface area contributed by atoms with Crippen LogP contribution in [0.3, 0.4) is 0 Å². The fourth-order valence-corrected chi connectivity index (χ4v) is 1.22. The van der Waals surface area contributed by atoms with Crippen molar-refractivity contribution in [2.24, 2.45) is 0 Å². The van der Waals surface area contributed by atoms with Crippen LogP contribution in [0.4, 0.5) is 5.69 Å². The van der Waals surface area contributed by atoms with Crippen molar-refractivity contribution >= 4 is 28.3 Å². The van der Waals surface area contributed by atoms with Gasteiger partial charge < -0.3 is 5.21 Å². The molecule has 0 spiro atoms. The van der Waals surface area contributed by atoms with Gasteiger partial charge in [0.15, 0.2) is 0 Å². The molecule has 0 bridgehead atoms. The van der Waals surface area contributed by atoms with Crippen molar-refractivity contribution in [3.63, 3.8) is 0 Å². The zero-order valence-corrected chi connectivity index (χ0v) is 7.71.